The van der Waals surface area contributed by atoms with Gasteiger partial charge in [-0.05, 0) is 73.5 Å². The molecule has 2 aliphatic heterocycles. The topological polar surface area (TPSA) is 44.8 Å². The van der Waals surface area contributed by atoms with Crippen molar-refractivity contribution in [2.45, 2.75) is 32.5 Å². The molecule has 5 nitrogen and oxygen atoms in total. The molecule has 0 aromatic heterocycles. The van der Waals surface area contributed by atoms with Gasteiger partial charge in [0.25, 0.3) is 5.91 Å². The number of ether oxygens (including phenoxy) is 1. The Labute approximate surface area is 189 Å². The Hall–Kier alpha value is -3.31. The highest BCUT2D eigenvalue weighted by Crippen LogP contribution is 2.33. The molecule has 2 aliphatic rings. The first-order chi connectivity index (χ1) is 15.6. The van der Waals surface area contributed by atoms with Crippen molar-refractivity contribution in [2.24, 2.45) is 0 Å². The molecule has 1 unspecified atom stereocenters. The van der Waals surface area contributed by atoms with Gasteiger partial charge in [-0.15, -0.1) is 0 Å². The number of amides is 1. The Balaban J connectivity index is 1.28. The van der Waals surface area contributed by atoms with E-state index in [1.807, 2.05) is 66.5 Å². The lowest BCUT2D eigenvalue weighted by Crippen LogP contribution is -2.29. The molecule has 0 bridgehead atoms. The van der Waals surface area contributed by atoms with Crippen LogP contribution in [0.4, 0.5) is 5.69 Å². The lowest BCUT2D eigenvalue weighted by Gasteiger charge is -2.20. The third-order valence-corrected chi connectivity index (χ3v) is 6.50. The standard InChI is InChI=1S/C27H29N3O2/c1-19-14-23(29-13-12-22(18-29)28-2)15-21-17-30(27(31)26(19)21)16-20-8-10-25(11-9-20)32-24-6-4-3-5-7-24/h3-11,14-15,22,28H,12-13,16-18H2,1-2H3. The molecule has 1 N–H and O–H groups in total. The number of fused-ring (bicyclic) bond motifs is 1. The maximum Gasteiger partial charge on any atom is 0.255 e. The Kier molecular flexibility index (Phi) is 5.58. The lowest BCUT2D eigenvalue weighted by molar-refractivity contribution is 0.0766. The van der Waals surface area contributed by atoms with Crippen LogP contribution in [0.25, 0.3) is 0 Å². The number of para-hydroxylation sites is 1. The number of nitrogens with zero attached hydrogens (tertiary/aromatic N) is 2. The van der Waals surface area contributed by atoms with Crippen LogP contribution in [0.2, 0.25) is 0 Å². The summed E-state index contributed by atoms with van der Waals surface area (Å²) in [4.78, 5) is 17.5. The monoisotopic (exact) mass is 427 g/mol. The summed E-state index contributed by atoms with van der Waals surface area (Å²) in [6, 6.07) is 22.7. The minimum atomic E-state index is 0.128. The summed E-state index contributed by atoms with van der Waals surface area (Å²) < 4.78 is 5.88. The molecule has 1 fully saturated rings. The molecule has 164 valence electrons. The Bertz CT molecular complexity index is 1110. The number of carbonyl (C=O) groups is 1. The summed E-state index contributed by atoms with van der Waals surface area (Å²) in [6.07, 6.45) is 1.15. The molecule has 0 aliphatic carbocycles. The van der Waals surface area contributed by atoms with E-state index in [0.29, 0.717) is 19.1 Å². The zero-order chi connectivity index (χ0) is 22.1. The highest BCUT2D eigenvalue weighted by molar-refractivity contribution is 6.00. The normalized spacial score (nSPS) is 17.7. The third-order valence-electron chi connectivity index (χ3n) is 6.50. The van der Waals surface area contributed by atoms with Crippen LogP contribution in [0.3, 0.4) is 0 Å². The largest absolute Gasteiger partial charge is 0.457 e. The Morgan fingerprint density at radius 3 is 2.50 bits per heavy atom. The van der Waals surface area contributed by atoms with E-state index >= 15 is 0 Å². The summed E-state index contributed by atoms with van der Waals surface area (Å²) in [7, 11) is 2.03. The molecular formula is C27H29N3O2. The SMILES string of the molecule is CNC1CCN(c2cc(C)c3c(c2)CN(Cc2ccc(Oc4ccccc4)cc2)C3=O)C1. The van der Waals surface area contributed by atoms with Crippen LogP contribution >= 0.6 is 0 Å². The summed E-state index contributed by atoms with van der Waals surface area (Å²) in [5.74, 6) is 1.74. The van der Waals surface area contributed by atoms with Crippen LogP contribution in [0.1, 0.15) is 33.5 Å². The minimum Gasteiger partial charge on any atom is -0.457 e. The molecule has 32 heavy (non-hydrogen) atoms. The third kappa shape index (κ3) is 4.08. The quantitative estimate of drug-likeness (QED) is 0.617. The van der Waals surface area contributed by atoms with E-state index in [4.69, 9.17) is 4.74 Å². The van der Waals surface area contributed by atoms with Crippen molar-refractivity contribution in [2.75, 3.05) is 25.0 Å². The fourth-order valence-electron chi connectivity index (χ4n) is 4.75. The average Bonchev–Trinajstić information content (AvgIpc) is 3.41. The summed E-state index contributed by atoms with van der Waals surface area (Å²) >= 11 is 0. The molecule has 1 saturated heterocycles. The number of benzene rings is 3. The van der Waals surface area contributed by atoms with Gasteiger partial charge < -0.3 is 19.9 Å². The Morgan fingerprint density at radius 2 is 1.78 bits per heavy atom. The number of hydrogen-bond donors (Lipinski definition) is 1. The van der Waals surface area contributed by atoms with Crippen LogP contribution in [-0.2, 0) is 13.1 Å². The number of nitrogens with one attached hydrogen (secondary N) is 1. The first-order valence-corrected chi connectivity index (χ1v) is 11.3. The van der Waals surface area contributed by atoms with Crippen molar-refractivity contribution in [1.29, 1.82) is 0 Å². The molecule has 5 heteroatoms. The predicted octanol–water partition coefficient (Wildman–Crippen LogP) is 4.74. The van der Waals surface area contributed by atoms with Crippen molar-refractivity contribution in [3.63, 3.8) is 0 Å². The van der Waals surface area contributed by atoms with Crippen molar-refractivity contribution in [3.05, 3.63) is 89.0 Å². The number of hydrogen-bond acceptors (Lipinski definition) is 4. The smallest absolute Gasteiger partial charge is 0.255 e. The van der Waals surface area contributed by atoms with Gasteiger partial charge in [0.1, 0.15) is 11.5 Å². The van der Waals surface area contributed by atoms with Crippen LogP contribution in [0, 0.1) is 6.92 Å². The van der Waals surface area contributed by atoms with E-state index in [1.54, 1.807) is 0 Å². The fourth-order valence-corrected chi connectivity index (χ4v) is 4.75. The van der Waals surface area contributed by atoms with Crippen molar-refractivity contribution in [1.82, 2.24) is 10.2 Å². The lowest BCUT2D eigenvalue weighted by atomic mass is 10.0. The molecule has 1 atom stereocenters. The van der Waals surface area contributed by atoms with E-state index in [9.17, 15) is 4.79 Å². The number of carbonyl (C=O) groups excluding carboxylic acids is 1. The zero-order valence-electron chi connectivity index (χ0n) is 18.7. The maximum atomic E-state index is 13.1. The predicted molar refractivity (Wildman–Crippen MR) is 127 cm³/mol. The van der Waals surface area contributed by atoms with Crippen LogP contribution in [0.5, 0.6) is 11.5 Å². The second-order valence-corrected chi connectivity index (χ2v) is 8.74. The molecule has 1 amide bonds. The van der Waals surface area contributed by atoms with Gasteiger partial charge in [0.05, 0.1) is 0 Å². The number of likely N-dealkylation sites (N-methyl/N-ethyl adjacent to an activating group) is 1. The van der Waals surface area contributed by atoms with Gasteiger partial charge in [0, 0.05) is 43.5 Å². The van der Waals surface area contributed by atoms with Gasteiger partial charge in [-0.1, -0.05) is 30.3 Å². The van der Waals surface area contributed by atoms with Gasteiger partial charge in [-0.3, -0.25) is 4.79 Å². The van der Waals surface area contributed by atoms with E-state index in [-0.39, 0.29) is 5.91 Å². The highest BCUT2D eigenvalue weighted by Gasteiger charge is 2.31. The zero-order valence-corrected chi connectivity index (χ0v) is 18.7. The second kappa shape index (κ2) is 8.67. The van der Waals surface area contributed by atoms with E-state index < -0.39 is 0 Å². The highest BCUT2D eigenvalue weighted by atomic mass is 16.5. The van der Waals surface area contributed by atoms with Gasteiger partial charge in [0.15, 0.2) is 0 Å². The first-order valence-electron chi connectivity index (χ1n) is 11.3. The van der Waals surface area contributed by atoms with E-state index in [0.717, 1.165) is 53.3 Å². The number of rotatable bonds is 6. The van der Waals surface area contributed by atoms with Gasteiger partial charge in [-0.25, -0.2) is 0 Å². The molecule has 0 spiro atoms. The fraction of sp³-hybridized carbons (Fsp3) is 0.296. The second-order valence-electron chi connectivity index (χ2n) is 8.74. The van der Waals surface area contributed by atoms with Crippen molar-refractivity contribution < 1.29 is 9.53 Å². The van der Waals surface area contributed by atoms with Crippen molar-refractivity contribution >= 4 is 11.6 Å². The summed E-state index contributed by atoms with van der Waals surface area (Å²) in [5.41, 5.74) is 5.42. The van der Waals surface area contributed by atoms with E-state index in [2.05, 4.69) is 29.3 Å². The molecule has 0 saturated carbocycles. The van der Waals surface area contributed by atoms with Crippen LogP contribution in [-0.4, -0.2) is 37.0 Å². The number of aryl methyl sites for hydroxylation is 1. The van der Waals surface area contributed by atoms with Crippen LogP contribution < -0.4 is 15.0 Å². The summed E-state index contributed by atoms with van der Waals surface area (Å²) in [6.45, 7) is 5.39. The van der Waals surface area contributed by atoms with Crippen LogP contribution in [0.15, 0.2) is 66.7 Å². The average molecular weight is 428 g/mol. The van der Waals surface area contributed by atoms with Gasteiger partial charge >= 0.3 is 0 Å². The molecule has 0 radical (unpaired) electrons. The van der Waals surface area contributed by atoms with Gasteiger partial charge in [-0.2, -0.15) is 0 Å². The molecule has 3 aromatic rings. The summed E-state index contributed by atoms with van der Waals surface area (Å²) in [5, 5.41) is 3.38. The molecule has 5 rings (SSSR count). The maximum absolute atomic E-state index is 13.1. The first kappa shape index (κ1) is 20.6. The van der Waals surface area contributed by atoms with Crippen molar-refractivity contribution in [3.8, 4) is 11.5 Å². The molecule has 2 heterocycles. The molecule has 3 aromatic carbocycles. The minimum absolute atomic E-state index is 0.128. The Morgan fingerprint density at radius 1 is 1.03 bits per heavy atom. The number of anilines is 1. The molecular weight excluding hydrogens is 398 g/mol. The van der Waals surface area contributed by atoms with E-state index in [1.165, 1.54) is 5.69 Å². The van der Waals surface area contributed by atoms with Gasteiger partial charge in [0.2, 0.25) is 0 Å².